The largest absolute Gasteiger partial charge is 0.497 e. The number of amides is 1. The Morgan fingerprint density at radius 2 is 2.18 bits per heavy atom. The van der Waals surface area contributed by atoms with Crippen LogP contribution in [0.1, 0.15) is 12.5 Å². The average molecular weight is 237 g/mol. The van der Waals surface area contributed by atoms with E-state index in [0.29, 0.717) is 5.75 Å². The monoisotopic (exact) mass is 237 g/mol. The van der Waals surface area contributed by atoms with Gasteiger partial charge in [0.2, 0.25) is 5.91 Å². The van der Waals surface area contributed by atoms with Gasteiger partial charge in [-0.3, -0.25) is 9.59 Å². The highest BCUT2D eigenvalue weighted by Crippen LogP contribution is 2.12. The number of aliphatic carboxylic acids is 1. The fourth-order valence-corrected chi connectivity index (χ4v) is 1.32. The van der Waals surface area contributed by atoms with E-state index in [2.05, 4.69) is 5.32 Å². The molecule has 1 unspecified atom stereocenters. The first kappa shape index (κ1) is 13.0. The Kier molecular flexibility index (Phi) is 4.51. The molecule has 0 aliphatic rings. The second-order valence-electron chi connectivity index (χ2n) is 3.66. The molecule has 0 heterocycles. The van der Waals surface area contributed by atoms with E-state index in [-0.39, 0.29) is 12.3 Å². The van der Waals surface area contributed by atoms with Crippen LogP contribution in [0.5, 0.6) is 5.75 Å². The third-order valence-electron chi connectivity index (χ3n) is 2.25. The number of hydrogen-bond donors (Lipinski definition) is 2. The van der Waals surface area contributed by atoms with Crippen LogP contribution in [0.4, 0.5) is 0 Å². The standard InChI is InChI=1S/C12H15NO4/c1-8(12(15)16)13-11(14)7-9-4-3-5-10(6-9)17-2/h3-6,8H,7H2,1-2H3,(H,13,14)(H,15,16). The zero-order valence-electron chi connectivity index (χ0n) is 9.77. The molecule has 5 nitrogen and oxygen atoms in total. The van der Waals surface area contributed by atoms with Crippen LogP contribution in [0.2, 0.25) is 0 Å². The summed E-state index contributed by atoms with van der Waals surface area (Å²) in [6.07, 6.45) is 0.134. The van der Waals surface area contributed by atoms with Gasteiger partial charge in [0.05, 0.1) is 13.5 Å². The molecule has 0 aliphatic carbocycles. The van der Waals surface area contributed by atoms with Gasteiger partial charge in [-0.2, -0.15) is 0 Å². The molecule has 0 saturated heterocycles. The zero-order valence-corrected chi connectivity index (χ0v) is 9.77. The summed E-state index contributed by atoms with van der Waals surface area (Å²) >= 11 is 0. The summed E-state index contributed by atoms with van der Waals surface area (Å²) in [7, 11) is 1.55. The van der Waals surface area contributed by atoms with Crippen molar-refractivity contribution in [1.82, 2.24) is 5.32 Å². The minimum Gasteiger partial charge on any atom is -0.497 e. The first-order valence-electron chi connectivity index (χ1n) is 5.18. The summed E-state index contributed by atoms with van der Waals surface area (Å²) in [5.74, 6) is -0.710. The molecule has 92 valence electrons. The van der Waals surface area contributed by atoms with Crippen molar-refractivity contribution in [2.45, 2.75) is 19.4 Å². The molecule has 0 bridgehead atoms. The van der Waals surface area contributed by atoms with Crippen LogP contribution in [0.15, 0.2) is 24.3 Å². The molecule has 1 aromatic rings. The summed E-state index contributed by atoms with van der Waals surface area (Å²) in [6.45, 7) is 1.42. The molecule has 1 atom stereocenters. The van der Waals surface area contributed by atoms with Crippen LogP contribution in [-0.4, -0.2) is 30.1 Å². The zero-order chi connectivity index (χ0) is 12.8. The lowest BCUT2D eigenvalue weighted by Gasteiger charge is -2.09. The van der Waals surface area contributed by atoms with E-state index in [4.69, 9.17) is 9.84 Å². The number of ether oxygens (including phenoxy) is 1. The minimum atomic E-state index is -1.05. The summed E-state index contributed by atoms with van der Waals surface area (Å²) in [5.41, 5.74) is 0.777. The predicted octanol–water partition coefficient (Wildman–Crippen LogP) is 0.827. The van der Waals surface area contributed by atoms with Crippen molar-refractivity contribution in [2.75, 3.05) is 7.11 Å². The van der Waals surface area contributed by atoms with Crippen molar-refractivity contribution in [3.63, 3.8) is 0 Å². The van der Waals surface area contributed by atoms with Gasteiger partial charge in [0, 0.05) is 0 Å². The van der Waals surface area contributed by atoms with Gasteiger partial charge >= 0.3 is 5.97 Å². The Hall–Kier alpha value is -2.04. The third-order valence-corrected chi connectivity index (χ3v) is 2.25. The third kappa shape index (κ3) is 4.14. The first-order valence-corrected chi connectivity index (χ1v) is 5.18. The van der Waals surface area contributed by atoms with Gasteiger partial charge in [-0.15, -0.1) is 0 Å². The highest BCUT2D eigenvalue weighted by Gasteiger charge is 2.14. The van der Waals surface area contributed by atoms with Gasteiger partial charge in [0.15, 0.2) is 0 Å². The molecule has 0 aromatic heterocycles. The molecule has 0 radical (unpaired) electrons. The highest BCUT2D eigenvalue weighted by molar-refractivity contribution is 5.84. The molecular weight excluding hydrogens is 222 g/mol. The molecule has 0 aliphatic heterocycles. The van der Waals surface area contributed by atoms with Gasteiger partial charge in [0.25, 0.3) is 0 Å². The van der Waals surface area contributed by atoms with Crippen molar-refractivity contribution in [1.29, 1.82) is 0 Å². The predicted molar refractivity (Wildman–Crippen MR) is 61.9 cm³/mol. The van der Waals surface area contributed by atoms with Gasteiger partial charge < -0.3 is 15.2 Å². The van der Waals surface area contributed by atoms with Crippen molar-refractivity contribution in [2.24, 2.45) is 0 Å². The molecule has 2 N–H and O–H groups in total. The summed E-state index contributed by atoms with van der Waals surface area (Å²) in [6, 6.07) is 6.20. The summed E-state index contributed by atoms with van der Waals surface area (Å²) in [4.78, 5) is 22.1. The van der Waals surface area contributed by atoms with Crippen LogP contribution >= 0.6 is 0 Å². The molecule has 0 fully saturated rings. The average Bonchev–Trinajstić information content (AvgIpc) is 2.28. The Bertz CT molecular complexity index is 417. The van der Waals surface area contributed by atoms with Crippen LogP contribution < -0.4 is 10.1 Å². The molecule has 1 rings (SSSR count). The highest BCUT2D eigenvalue weighted by atomic mass is 16.5. The lowest BCUT2D eigenvalue weighted by molar-refractivity contribution is -0.141. The number of carbonyl (C=O) groups excluding carboxylic acids is 1. The SMILES string of the molecule is COc1cccc(CC(=O)NC(C)C(=O)O)c1. The van der Waals surface area contributed by atoms with Crippen LogP contribution in [0, 0.1) is 0 Å². The number of carboxylic acid groups (broad SMARTS) is 1. The topological polar surface area (TPSA) is 75.6 Å². The second kappa shape index (κ2) is 5.89. The summed E-state index contributed by atoms with van der Waals surface area (Å²) in [5, 5.41) is 11.0. The molecule has 5 heteroatoms. The Labute approximate surface area is 99.4 Å². The molecule has 1 amide bonds. The molecule has 0 saturated carbocycles. The van der Waals surface area contributed by atoms with Gasteiger partial charge in [-0.25, -0.2) is 0 Å². The maximum absolute atomic E-state index is 11.5. The molecule has 1 aromatic carbocycles. The van der Waals surface area contributed by atoms with Crippen molar-refractivity contribution < 1.29 is 19.4 Å². The first-order chi connectivity index (χ1) is 8.02. The molecule has 0 spiro atoms. The number of carboxylic acids is 1. The van der Waals surface area contributed by atoms with Crippen molar-refractivity contribution >= 4 is 11.9 Å². The Morgan fingerprint density at radius 1 is 1.47 bits per heavy atom. The van der Waals surface area contributed by atoms with E-state index >= 15 is 0 Å². The van der Waals surface area contributed by atoms with E-state index in [1.54, 1.807) is 31.4 Å². The number of benzene rings is 1. The maximum atomic E-state index is 11.5. The molecular formula is C12H15NO4. The normalized spacial score (nSPS) is 11.6. The van der Waals surface area contributed by atoms with E-state index in [1.165, 1.54) is 6.92 Å². The number of hydrogen-bond acceptors (Lipinski definition) is 3. The van der Waals surface area contributed by atoms with Crippen LogP contribution in [-0.2, 0) is 16.0 Å². The maximum Gasteiger partial charge on any atom is 0.325 e. The van der Waals surface area contributed by atoms with E-state index in [1.807, 2.05) is 0 Å². The number of methoxy groups -OCH3 is 1. The Balaban J connectivity index is 2.58. The minimum absolute atomic E-state index is 0.134. The van der Waals surface area contributed by atoms with Gasteiger partial charge in [-0.1, -0.05) is 12.1 Å². The Morgan fingerprint density at radius 3 is 2.76 bits per heavy atom. The smallest absolute Gasteiger partial charge is 0.325 e. The summed E-state index contributed by atoms with van der Waals surface area (Å²) < 4.78 is 5.03. The van der Waals surface area contributed by atoms with E-state index < -0.39 is 12.0 Å². The molecule has 17 heavy (non-hydrogen) atoms. The lowest BCUT2D eigenvalue weighted by Crippen LogP contribution is -2.39. The van der Waals surface area contributed by atoms with E-state index in [9.17, 15) is 9.59 Å². The lowest BCUT2D eigenvalue weighted by atomic mass is 10.1. The van der Waals surface area contributed by atoms with Crippen molar-refractivity contribution in [3.05, 3.63) is 29.8 Å². The van der Waals surface area contributed by atoms with Gasteiger partial charge in [0.1, 0.15) is 11.8 Å². The fraction of sp³-hybridized carbons (Fsp3) is 0.333. The van der Waals surface area contributed by atoms with E-state index in [0.717, 1.165) is 5.56 Å². The number of carbonyl (C=O) groups is 2. The quantitative estimate of drug-likeness (QED) is 0.795. The van der Waals surface area contributed by atoms with Crippen LogP contribution in [0.3, 0.4) is 0 Å². The number of rotatable bonds is 5. The second-order valence-corrected chi connectivity index (χ2v) is 3.66. The fourth-order valence-electron chi connectivity index (χ4n) is 1.32. The number of nitrogens with one attached hydrogen (secondary N) is 1. The van der Waals surface area contributed by atoms with Crippen molar-refractivity contribution in [3.8, 4) is 5.75 Å². The van der Waals surface area contributed by atoms with Gasteiger partial charge in [-0.05, 0) is 24.6 Å². The van der Waals surface area contributed by atoms with Crippen LogP contribution in [0.25, 0.3) is 0 Å².